The zero-order chi connectivity index (χ0) is 14.5. The first-order valence-electron chi connectivity index (χ1n) is 6.47. The van der Waals surface area contributed by atoms with Gasteiger partial charge in [-0.2, -0.15) is 0 Å². The minimum absolute atomic E-state index is 0.0158. The molecule has 20 heavy (non-hydrogen) atoms. The quantitative estimate of drug-likeness (QED) is 0.871. The van der Waals surface area contributed by atoms with Crippen molar-refractivity contribution in [3.05, 3.63) is 41.2 Å². The van der Waals surface area contributed by atoms with Crippen LogP contribution in [-0.4, -0.2) is 32.7 Å². The van der Waals surface area contributed by atoms with Crippen LogP contribution in [-0.2, 0) is 13.0 Å². The molecule has 0 amide bonds. The molecule has 0 unspecified atom stereocenters. The highest BCUT2D eigenvalue weighted by Gasteiger charge is 2.14. The Morgan fingerprint density at radius 3 is 2.90 bits per heavy atom. The van der Waals surface area contributed by atoms with Gasteiger partial charge in [-0.15, -0.1) is 5.10 Å². The van der Waals surface area contributed by atoms with Crippen molar-refractivity contribution >= 4 is 5.97 Å². The second-order valence-corrected chi connectivity index (χ2v) is 4.40. The Bertz CT molecular complexity index is 607. The molecule has 2 rings (SSSR count). The van der Waals surface area contributed by atoms with Crippen LogP contribution in [0.3, 0.4) is 0 Å². The van der Waals surface area contributed by atoms with Crippen molar-refractivity contribution in [1.29, 1.82) is 0 Å². The van der Waals surface area contributed by atoms with Crippen molar-refractivity contribution < 1.29 is 14.6 Å². The van der Waals surface area contributed by atoms with E-state index in [0.717, 1.165) is 12.2 Å². The Morgan fingerprint density at radius 1 is 1.45 bits per heavy atom. The number of aryl methyl sites for hydroxylation is 1. The molecule has 0 bridgehead atoms. The van der Waals surface area contributed by atoms with E-state index in [1.165, 1.54) is 10.2 Å². The minimum atomic E-state index is -1.06. The summed E-state index contributed by atoms with van der Waals surface area (Å²) in [7, 11) is 0. The first-order valence-corrected chi connectivity index (χ1v) is 6.47. The Morgan fingerprint density at radius 2 is 2.25 bits per heavy atom. The number of benzene rings is 1. The van der Waals surface area contributed by atoms with Crippen LogP contribution in [0.1, 0.15) is 28.7 Å². The smallest absolute Gasteiger partial charge is 0.358 e. The van der Waals surface area contributed by atoms with Crippen molar-refractivity contribution in [2.45, 2.75) is 26.8 Å². The van der Waals surface area contributed by atoms with Crippen LogP contribution in [0.15, 0.2) is 24.3 Å². The summed E-state index contributed by atoms with van der Waals surface area (Å²) in [6.45, 7) is 4.64. The molecule has 0 radical (unpaired) electrons. The summed E-state index contributed by atoms with van der Waals surface area (Å²) < 4.78 is 7.18. The predicted molar refractivity (Wildman–Crippen MR) is 73.0 cm³/mol. The van der Waals surface area contributed by atoms with Gasteiger partial charge in [0.2, 0.25) is 0 Å². The highest BCUT2D eigenvalue weighted by molar-refractivity contribution is 5.86. The van der Waals surface area contributed by atoms with Crippen molar-refractivity contribution in [3.8, 4) is 5.75 Å². The predicted octanol–water partition coefficient (Wildman–Crippen LogP) is 1.93. The number of aromatic carboxylic acids is 1. The van der Waals surface area contributed by atoms with Gasteiger partial charge in [-0.1, -0.05) is 24.3 Å². The van der Waals surface area contributed by atoms with Gasteiger partial charge >= 0.3 is 5.97 Å². The van der Waals surface area contributed by atoms with Gasteiger partial charge in [-0.3, -0.25) is 0 Å². The third-order valence-electron chi connectivity index (χ3n) is 3.06. The number of ether oxygens (including phenoxy) is 1. The maximum atomic E-state index is 10.9. The maximum Gasteiger partial charge on any atom is 0.358 e. The monoisotopic (exact) mass is 275 g/mol. The Labute approximate surface area is 117 Å². The molecule has 1 heterocycles. The lowest BCUT2D eigenvalue weighted by Crippen LogP contribution is -2.11. The van der Waals surface area contributed by atoms with E-state index in [4.69, 9.17) is 9.84 Å². The van der Waals surface area contributed by atoms with E-state index in [0.29, 0.717) is 18.8 Å². The molecule has 1 N–H and O–H groups in total. The molecule has 0 saturated carbocycles. The summed E-state index contributed by atoms with van der Waals surface area (Å²) in [5, 5.41) is 16.3. The topological polar surface area (TPSA) is 77.2 Å². The Kier molecular flexibility index (Phi) is 4.34. The summed E-state index contributed by atoms with van der Waals surface area (Å²) in [4.78, 5) is 10.9. The van der Waals surface area contributed by atoms with Crippen LogP contribution in [0.5, 0.6) is 5.75 Å². The number of carboxylic acids is 1. The van der Waals surface area contributed by atoms with Crippen LogP contribution in [0.25, 0.3) is 0 Å². The first-order chi connectivity index (χ1) is 9.61. The lowest BCUT2D eigenvalue weighted by molar-refractivity contribution is 0.0689. The maximum absolute atomic E-state index is 10.9. The molecule has 106 valence electrons. The fraction of sp³-hybridized carbons (Fsp3) is 0.357. The molecule has 6 heteroatoms. The van der Waals surface area contributed by atoms with Gasteiger partial charge < -0.3 is 9.84 Å². The number of aromatic nitrogens is 3. The summed E-state index contributed by atoms with van der Waals surface area (Å²) in [6, 6.07) is 7.90. The molecule has 2 aromatic rings. The number of hydrogen-bond donors (Lipinski definition) is 1. The molecule has 0 spiro atoms. The van der Waals surface area contributed by atoms with Gasteiger partial charge in [-0.25, -0.2) is 9.48 Å². The number of hydrogen-bond acceptors (Lipinski definition) is 4. The average molecular weight is 275 g/mol. The number of nitrogens with zero attached hydrogens (tertiary/aromatic N) is 3. The van der Waals surface area contributed by atoms with E-state index in [-0.39, 0.29) is 5.69 Å². The summed E-state index contributed by atoms with van der Waals surface area (Å²) >= 11 is 0. The molecule has 0 atom stereocenters. The van der Waals surface area contributed by atoms with Crippen molar-refractivity contribution in [2.75, 3.05) is 6.61 Å². The van der Waals surface area contributed by atoms with Crippen LogP contribution in [0.2, 0.25) is 0 Å². The SMILES string of the molecule is CCc1cccc(OCCn2nnc(C(=O)O)c2C)c1. The Balaban J connectivity index is 1.94. The largest absolute Gasteiger partial charge is 0.492 e. The molecule has 1 aromatic carbocycles. The molecular weight excluding hydrogens is 258 g/mol. The summed E-state index contributed by atoms with van der Waals surface area (Å²) in [5.74, 6) is -0.258. The number of carbonyl (C=O) groups is 1. The standard InChI is InChI=1S/C14H17N3O3/c1-3-11-5-4-6-12(9-11)20-8-7-17-10(2)13(14(18)19)15-16-17/h4-6,9H,3,7-8H2,1-2H3,(H,18,19). The minimum Gasteiger partial charge on any atom is -0.492 e. The van der Waals surface area contributed by atoms with Crippen LogP contribution >= 0.6 is 0 Å². The molecule has 0 aliphatic rings. The molecule has 0 aliphatic heterocycles. The zero-order valence-corrected chi connectivity index (χ0v) is 11.5. The lowest BCUT2D eigenvalue weighted by atomic mass is 10.2. The lowest BCUT2D eigenvalue weighted by Gasteiger charge is -2.08. The van der Waals surface area contributed by atoms with E-state index < -0.39 is 5.97 Å². The molecule has 6 nitrogen and oxygen atoms in total. The van der Waals surface area contributed by atoms with E-state index in [1.807, 2.05) is 24.3 Å². The van der Waals surface area contributed by atoms with E-state index in [2.05, 4.69) is 17.2 Å². The van der Waals surface area contributed by atoms with Gasteiger partial charge in [0.1, 0.15) is 12.4 Å². The van der Waals surface area contributed by atoms with Gasteiger partial charge in [0.15, 0.2) is 5.69 Å². The van der Waals surface area contributed by atoms with E-state index in [1.54, 1.807) is 6.92 Å². The van der Waals surface area contributed by atoms with Gasteiger partial charge in [0, 0.05) is 0 Å². The molecule has 0 fully saturated rings. The summed E-state index contributed by atoms with van der Waals surface area (Å²) in [5.41, 5.74) is 1.73. The van der Waals surface area contributed by atoms with Gasteiger partial charge in [0.05, 0.1) is 12.2 Å². The highest BCUT2D eigenvalue weighted by Crippen LogP contribution is 2.13. The van der Waals surface area contributed by atoms with Crippen LogP contribution < -0.4 is 4.74 Å². The van der Waals surface area contributed by atoms with E-state index >= 15 is 0 Å². The second-order valence-electron chi connectivity index (χ2n) is 4.40. The van der Waals surface area contributed by atoms with Gasteiger partial charge in [0.25, 0.3) is 0 Å². The van der Waals surface area contributed by atoms with Crippen LogP contribution in [0, 0.1) is 6.92 Å². The Hall–Kier alpha value is -2.37. The average Bonchev–Trinajstić information content (AvgIpc) is 2.81. The molecule has 1 aromatic heterocycles. The normalized spacial score (nSPS) is 10.5. The number of carboxylic acid groups (broad SMARTS) is 1. The van der Waals surface area contributed by atoms with E-state index in [9.17, 15) is 4.79 Å². The highest BCUT2D eigenvalue weighted by atomic mass is 16.5. The first kappa shape index (κ1) is 14.0. The number of rotatable bonds is 6. The zero-order valence-electron chi connectivity index (χ0n) is 11.5. The van der Waals surface area contributed by atoms with Crippen molar-refractivity contribution in [2.24, 2.45) is 0 Å². The fourth-order valence-electron chi connectivity index (χ4n) is 1.88. The molecule has 0 saturated heterocycles. The van der Waals surface area contributed by atoms with Gasteiger partial charge in [-0.05, 0) is 31.0 Å². The molecule has 0 aliphatic carbocycles. The second kappa shape index (κ2) is 6.18. The summed E-state index contributed by atoms with van der Waals surface area (Å²) in [6.07, 6.45) is 0.960. The third kappa shape index (κ3) is 3.14. The molecular formula is C14H17N3O3. The van der Waals surface area contributed by atoms with Crippen molar-refractivity contribution in [1.82, 2.24) is 15.0 Å². The van der Waals surface area contributed by atoms with Crippen molar-refractivity contribution in [3.63, 3.8) is 0 Å². The fourth-order valence-corrected chi connectivity index (χ4v) is 1.88. The third-order valence-corrected chi connectivity index (χ3v) is 3.06. The van der Waals surface area contributed by atoms with Crippen LogP contribution in [0.4, 0.5) is 0 Å².